The average molecular weight is 912 g/mol. The molecule has 2 heterocycles. The highest BCUT2D eigenvalue weighted by Crippen LogP contribution is 2.29. The standard InChI is InChI=1S/C28H34FN3O.C27H29FN2O4/c29-25-11-9-20(10-12-25)18-30-19-24-16-23-15-21-5-4-6-22(21)17-27(23)32(28(24)33)14-13-31-26-7-2-1-3-8-26;1-27(2,3)34-26(33)29(16-18-7-9-23(28)10-8-18)17-22-14-21-13-19-5-4-6-20(19)15-24(21)30(11-12-31)25(22)32/h9-12,15-17,26,30-31H,1-8,13-14,18-19H2;7-10,12-15H,4-6,11,16-17H2,1-3H3. The first-order valence-electron chi connectivity index (χ1n) is 24.0. The summed E-state index contributed by atoms with van der Waals surface area (Å²) < 4.78 is 35.6. The van der Waals surface area contributed by atoms with E-state index in [-0.39, 0.29) is 42.4 Å². The van der Waals surface area contributed by atoms with Gasteiger partial charge in [0, 0.05) is 49.9 Å². The summed E-state index contributed by atoms with van der Waals surface area (Å²) in [6, 6.07) is 25.5. The van der Waals surface area contributed by atoms with Crippen LogP contribution in [0, 0.1) is 11.6 Å². The molecule has 3 aliphatic rings. The van der Waals surface area contributed by atoms with Crippen molar-refractivity contribution >= 4 is 34.2 Å². The van der Waals surface area contributed by atoms with Gasteiger partial charge in [-0.25, -0.2) is 13.6 Å². The summed E-state index contributed by atoms with van der Waals surface area (Å²) in [4.78, 5) is 52.8. The number of hydrogen-bond acceptors (Lipinski definition) is 7. The Balaban J connectivity index is 0.000000182. The Morgan fingerprint density at radius 3 is 1.81 bits per heavy atom. The lowest BCUT2D eigenvalue weighted by Crippen LogP contribution is -2.38. The molecule has 1 saturated carbocycles. The highest BCUT2D eigenvalue weighted by molar-refractivity contribution is 5.83. The molecule has 67 heavy (non-hydrogen) atoms. The molecule has 0 spiro atoms. The molecule has 0 unspecified atom stereocenters. The first-order chi connectivity index (χ1) is 32.3. The Labute approximate surface area is 391 Å². The second-order valence-corrected chi connectivity index (χ2v) is 19.4. The van der Waals surface area contributed by atoms with E-state index in [0.29, 0.717) is 43.1 Å². The summed E-state index contributed by atoms with van der Waals surface area (Å²) in [5.41, 5.74) is 9.04. The van der Waals surface area contributed by atoms with Gasteiger partial charge in [0.05, 0.1) is 24.1 Å². The summed E-state index contributed by atoms with van der Waals surface area (Å²) in [6.07, 6.45) is 13.1. The molecule has 10 nitrogen and oxygen atoms in total. The fourth-order valence-corrected chi connectivity index (χ4v) is 9.90. The molecule has 6 aromatic rings. The molecule has 2 aromatic heterocycles. The van der Waals surface area contributed by atoms with Gasteiger partial charge in [-0.3, -0.25) is 14.5 Å². The maximum atomic E-state index is 13.5. The lowest BCUT2D eigenvalue weighted by atomic mass is 9.95. The molecule has 4 aromatic carbocycles. The van der Waals surface area contributed by atoms with Crippen LogP contribution in [-0.2, 0) is 74.5 Å². The van der Waals surface area contributed by atoms with E-state index >= 15 is 0 Å². The summed E-state index contributed by atoms with van der Waals surface area (Å²) in [6.45, 7) is 8.01. The second kappa shape index (κ2) is 21.3. The van der Waals surface area contributed by atoms with Gasteiger partial charge in [0.1, 0.15) is 23.5 Å². The number of benzene rings is 4. The Hall–Kier alpha value is -5.98. The highest BCUT2D eigenvalue weighted by atomic mass is 19.1. The first-order valence-corrected chi connectivity index (χ1v) is 24.0. The normalized spacial score (nSPS) is 14.7. The molecule has 0 bridgehead atoms. The molecule has 0 aliphatic heterocycles. The zero-order valence-electron chi connectivity index (χ0n) is 39.1. The van der Waals surface area contributed by atoms with Crippen molar-refractivity contribution in [2.24, 2.45) is 0 Å². The number of carbonyl (C=O) groups is 2. The van der Waals surface area contributed by atoms with Crippen LogP contribution in [0.5, 0.6) is 0 Å². The van der Waals surface area contributed by atoms with E-state index in [1.165, 1.54) is 94.5 Å². The molecular weight excluding hydrogens is 849 g/mol. The van der Waals surface area contributed by atoms with Crippen LogP contribution in [0.3, 0.4) is 0 Å². The fourth-order valence-electron chi connectivity index (χ4n) is 9.90. The minimum atomic E-state index is -0.722. The SMILES string of the molecule is CC(C)(C)OC(=O)N(Cc1ccc(F)cc1)Cc1cc2cc3c(cc2n(CC=O)c1=O)CCC3.O=c1c(CNCc2ccc(F)cc2)cc2cc3c(cc2n1CCNC1CCCCC1)CCC3. The van der Waals surface area contributed by atoms with Gasteiger partial charge in [-0.05, 0) is 177 Å². The molecule has 0 radical (unpaired) electrons. The number of nitrogens with one attached hydrogen (secondary N) is 2. The Morgan fingerprint density at radius 1 is 0.687 bits per heavy atom. The number of rotatable bonds is 14. The van der Waals surface area contributed by atoms with E-state index < -0.39 is 11.7 Å². The third-order valence-electron chi connectivity index (χ3n) is 13.3. The predicted octanol–water partition coefficient (Wildman–Crippen LogP) is 9.61. The van der Waals surface area contributed by atoms with Crippen LogP contribution in [0.25, 0.3) is 21.8 Å². The fraction of sp³-hybridized carbons (Fsp3) is 0.418. The van der Waals surface area contributed by atoms with Gasteiger partial charge in [0.2, 0.25) is 0 Å². The number of halogens is 2. The summed E-state index contributed by atoms with van der Waals surface area (Å²) >= 11 is 0. The van der Waals surface area contributed by atoms with Gasteiger partial charge in [-0.15, -0.1) is 0 Å². The number of fused-ring (bicyclic) bond motifs is 4. The molecule has 12 heteroatoms. The number of hydrogen-bond donors (Lipinski definition) is 2. The molecule has 2 N–H and O–H groups in total. The van der Waals surface area contributed by atoms with Crippen molar-refractivity contribution in [3.63, 3.8) is 0 Å². The van der Waals surface area contributed by atoms with Crippen LogP contribution < -0.4 is 21.8 Å². The number of aldehydes is 1. The lowest BCUT2D eigenvalue weighted by molar-refractivity contribution is -0.108. The van der Waals surface area contributed by atoms with E-state index in [0.717, 1.165) is 71.6 Å². The van der Waals surface area contributed by atoms with Crippen LogP contribution in [0.4, 0.5) is 13.6 Å². The van der Waals surface area contributed by atoms with E-state index in [2.05, 4.69) is 34.9 Å². The third-order valence-corrected chi connectivity index (χ3v) is 13.3. The van der Waals surface area contributed by atoms with Crippen molar-refractivity contribution in [1.82, 2.24) is 24.7 Å². The molecule has 0 saturated heterocycles. The van der Waals surface area contributed by atoms with Crippen LogP contribution in [0.2, 0.25) is 0 Å². The largest absolute Gasteiger partial charge is 0.444 e. The van der Waals surface area contributed by atoms with E-state index in [1.54, 1.807) is 51.1 Å². The minimum Gasteiger partial charge on any atom is -0.444 e. The number of aryl methyl sites for hydroxylation is 4. The van der Waals surface area contributed by atoms with Crippen LogP contribution in [0.1, 0.15) is 110 Å². The van der Waals surface area contributed by atoms with Gasteiger partial charge in [-0.1, -0.05) is 43.5 Å². The molecule has 1 fully saturated rings. The van der Waals surface area contributed by atoms with E-state index in [9.17, 15) is 28.0 Å². The average Bonchev–Trinajstić information content (AvgIpc) is 3.98. The first kappa shape index (κ1) is 47.5. The zero-order chi connectivity index (χ0) is 47.1. The van der Waals surface area contributed by atoms with Gasteiger partial charge in [0.15, 0.2) is 0 Å². The molecule has 3 aliphatic carbocycles. The molecule has 352 valence electrons. The molecule has 0 atom stereocenters. The number of carbonyl (C=O) groups excluding carboxylic acids is 2. The van der Waals surface area contributed by atoms with Crippen molar-refractivity contribution in [2.75, 3.05) is 6.54 Å². The monoisotopic (exact) mass is 911 g/mol. The summed E-state index contributed by atoms with van der Waals surface area (Å²) in [7, 11) is 0. The molecule has 1 amide bonds. The Morgan fingerprint density at radius 2 is 1.22 bits per heavy atom. The topological polar surface area (TPSA) is 115 Å². The van der Waals surface area contributed by atoms with Crippen LogP contribution in [-0.4, -0.2) is 44.6 Å². The van der Waals surface area contributed by atoms with Crippen molar-refractivity contribution < 1.29 is 23.1 Å². The lowest BCUT2D eigenvalue weighted by Gasteiger charge is -2.28. The predicted molar refractivity (Wildman–Crippen MR) is 260 cm³/mol. The molecular formula is C55H63F2N5O5. The van der Waals surface area contributed by atoms with Crippen molar-refractivity contribution in [2.45, 2.75) is 142 Å². The summed E-state index contributed by atoms with van der Waals surface area (Å²) in [5.74, 6) is -0.600. The quantitative estimate of drug-likeness (QED) is 0.105. The minimum absolute atomic E-state index is 0.00297. The molecule has 9 rings (SSSR count). The third kappa shape index (κ3) is 12.0. The smallest absolute Gasteiger partial charge is 0.410 e. The Bertz CT molecular complexity index is 2840. The van der Waals surface area contributed by atoms with E-state index in [1.807, 2.05) is 10.6 Å². The van der Waals surface area contributed by atoms with Gasteiger partial charge in [-0.2, -0.15) is 0 Å². The summed E-state index contributed by atoms with van der Waals surface area (Å²) in [5, 5.41) is 9.10. The number of nitrogens with zero attached hydrogens (tertiary/aromatic N) is 3. The van der Waals surface area contributed by atoms with Crippen molar-refractivity contribution in [3.05, 3.63) is 162 Å². The highest BCUT2D eigenvalue weighted by Gasteiger charge is 2.25. The zero-order valence-corrected chi connectivity index (χ0v) is 39.1. The number of amides is 1. The number of pyridine rings is 2. The maximum absolute atomic E-state index is 13.5. The van der Waals surface area contributed by atoms with Crippen molar-refractivity contribution in [3.8, 4) is 0 Å². The number of ether oxygens (including phenoxy) is 1. The van der Waals surface area contributed by atoms with E-state index in [4.69, 9.17) is 4.74 Å². The van der Waals surface area contributed by atoms with Gasteiger partial charge in [0.25, 0.3) is 11.1 Å². The van der Waals surface area contributed by atoms with Crippen molar-refractivity contribution in [1.29, 1.82) is 0 Å². The Kier molecular flexibility index (Phi) is 15.1. The van der Waals surface area contributed by atoms with Gasteiger partial charge < -0.3 is 29.3 Å². The van der Waals surface area contributed by atoms with Crippen LogP contribution in [0.15, 0.2) is 94.5 Å². The maximum Gasteiger partial charge on any atom is 0.410 e. The van der Waals surface area contributed by atoms with Gasteiger partial charge >= 0.3 is 6.09 Å². The second-order valence-electron chi connectivity index (χ2n) is 19.4. The number of aromatic nitrogens is 2. The van der Waals surface area contributed by atoms with Crippen LogP contribution >= 0.6 is 0 Å².